The molecule has 0 aliphatic carbocycles. The first-order valence-corrected chi connectivity index (χ1v) is 6.30. The average Bonchev–Trinajstić information content (AvgIpc) is 2.64. The van der Waals surface area contributed by atoms with Crippen molar-refractivity contribution < 1.29 is 14.3 Å². The molecule has 102 valence electrons. The zero-order valence-corrected chi connectivity index (χ0v) is 11.9. The van der Waals surface area contributed by atoms with Gasteiger partial charge in [0.25, 0.3) is 0 Å². The number of fused-ring (bicyclic) bond motifs is 1. The van der Waals surface area contributed by atoms with Crippen molar-refractivity contribution in [2.24, 2.45) is 0 Å². The highest BCUT2D eigenvalue weighted by Crippen LogP contribution is 2.40. The summed E-state index contributed by atoms with van der Waals surface area (Å²) in [4.78, 5) is 13.6. The van der Waals surface area contributed by atoms with Crippen LogP contribution in [0.1, 0.15) is 20.8 Å². The normalized spacial score (nSPS) is 17.7. The van der Waals surface area contributed by atoms with Crippen molar-refractivity contribution in [1.29, 1.82) is 0 Å². The number of anilines is 1. The van der Waals surface area contributed by atoms with Gasteiger partial charge in [0.05, 0.1) is 5.69 Å². The van der Waals surface area contributed by atoms with Gasteiger partial charge in [-0.15, -0.1) is 0 Å². The molecule has 4 nitrogen and oxygen atoms in total. The summed E-state index contributed by atoms with van der Waals surface area (Å²) in [5.74, 6) is 0.583. The molecule has 0 spiro atoms. The van der Waals surface area contributed by atoms with E-state index in [1.807, 2.05) is 20.8 Å². The molecule has 0 bridgehead atoms. The number of benzene rings is 1. The molecular formula is C14H16ClNO3. The second-order valence-electron chi connectivity index (χ2n) is 5.21. The molecule has 1 aromatic carbocycles. The Balaban J connectivity index is 2.35. The van der Waals surface area contributed by atoms with E-state index < -0.39 is 17.9 Å². The Hall–Kier alpha value is -1.68. The smallest absolute Gasteiger partial charge is 0.418 e. The SMILES string of the molecule is C=CC1Oc2ccc(Cl)cc2N1C(=O)OC(C)(C)C. The number of hydrogen-bond acceptors (Lipinski definition) is 3. The lowest BCUT2D eigenvalue weighted by atomic mass is 10.2. The number of hydrogen-bond donors (Lipinski definition) is 0. The van der Waals surface area contributed by atoms with Crippen LogP contribution >= 0.6 is 11.6 Å². The first-order chi connectivity index (χ1) is 8.81. The van der Waals surface area contributed by atoms with Gasteiger partial charge in [-0.25, -0.2) is 9.69 Å². The third-order valence-corrected chi connectivity index (χ3v) is 2.71. The molecule has 1 aromatic rings. The van der Waals surface area contributed by atoms with Crippen molar-refractivity contribution in [1.82, 2.24) is 0 Å². The lowest BCUT2D eigenvalue weighted by molar-refractivity contribution is 0.0544. The number of rotatable bonds is 1. The summed E-state index contributed by atoms with van der Waals surface area (Å²) in [6, 6.07) is 5.10. The van der Waals surface area contributed by atoms with E-state index in [9.17, 15) is 4.79 Å². The number of carbonyl (C=O) groups excluding carboxylic acids is 1. The van der Waals surface area contributed by atoms with Crippen LogP contribution in [0.25, 0.3) is 0 Å². The zero-order chi connectivity index (χ0) is 14.2. The molecule has 5 heteroatoms. The Morgan fingerprint density at radius 1 is 1.53 bits per heavy atom. The fourth-order valence-electron chi connectivity index (χ4n) is 1.77. The van der Waals surface area contributed by atoms with Crippen LogP contribution in [0.15, 0.2) is 30.9 Å². The number of carbonyl (C=O) groups is 1. The second kappa shape index (κ2) is 4.78. The molecule has 1 amide bonds. The highest BCUT2D eigenvalue weighted by atomic mass is 35.5. The van der Waals surface area contributed by atoms with Gasteiger partial charge in [-0.05, 0) is 45.0 Å². The molecule has 1 aliphatic rings. The van der Waals surface area contributed by atoms with E-state index in [-0.39, 0.29) is 0 Å². The first kappa shape index (κ1) is 13.7. The minimum Gasteiger partial charge on any atom is -0.464 e. The molecule has 0 saturated heterocycles. The Kier molecular flexibility index (Phi) is 3.45. The van der Waals surface area contributed by atoms with Crippen LogP contribution in [0, 0.1) is 0 Å². The van der Waals surface area contributed by atoms with Crippen molar-refractivity contribution in [3.63, 3.8) is 0 Å². The molecule has 2 rings (SSSR count). The number of nitrogens with zero attached hydrogens (tertiary/aromatic N) is 1. The van der Waals surface area contributed by atoms with Crippen LogP contribution in [-0.4, -0.2) is 17.9 Å². The molecule has 0 radical (unpaired) electrons. The maximum absolute atomic E-state index is 12.2. The molecule has 1 unspecified atom stereocenters. The zero-order valence-electron chi connectivity index (χ0n) is 11.1. The van der Waals surface area contributed by atoms with Crippen LogP contribution in [0.5, 0.6) is 5.75 Å². The molecule has 0 N–H and O–H groups in total. The highest BCUT2D eigenvalue weighted by molar-refractivity contribution is 6.31. The van der Waals surface area contributed by atoms with Gasteiger partial charge in [-0.2, -0.15) is 0 Å². The van der Waals surface area contributed by atoms with Crippen molar-refractivity contribution in [3.05, 3.63) is 35.9 Å². The van der Waals surface area contributed by atoms with Gasteiger partial charge in [0.1, 0.15) is 11.4 Å². The molecule has 1 atom stereocenters. The van der Waals surface area contributed by atoms with Gasteiger partial charge in [0, 0.05) is 5.02 Å². The maximum atomic E-state index is 12.2. The van der Waals surface area contributed by atoms with Gasteiger partial charge in [-0.1, -0.05) is 18.2 Å². The summed E-state index contributed by atoms with van der Waals surface area (Å²) in [7, 11) is 0. The Morgan fingerprint density at radius 3 is 2.79 bits per heavy atom. The van der Waals surface area contributed by atoms with Crippen LogP contribution < -0.4 is 9.64 Å². The van der Waals surface area contributed by atoms with Gasteiger partial charge >= 0.3 is 6.09 Å². The van der Waals surface area contributed by atoms with E-state index in [1.165, 1.54) is 11.0 Å². The fraction of sp³-hybridized carbons (Fsp3) is 0.357. The standard InChI is InChI=1S/C14H16ClNO3/c1-5-12-16(13(17)19-14(2,3)4)10-8-9(15)6-7-11(10)18-12/h5-8,12H,1H2,2-4H3. The van der Waals surface area contributed by atoms with Crippen molar-refractivity contribution >= 4 is 23.4 Å². The number of halogens is 1. The van der Waals surface area contributed by atoms with Gasteiger partial charge in [-0.3, -0.25) is 0 Å². The van der Waals surface area contributed by atoms with Crippen LogP contribution in [0.4, 0.5) is 10.5 Å². The van der Waals surface area contributed by atoms with E-state index >= 15 is 0 Å². The first-order valence-electron chi connectivity index (χ1n) is 5.93. The number of amides is 1. The van der Waals surface area contributed by atoms with Crippen molar-refractivity contribution in [2.45, 2.75) is 32.6 Å². The third kappa shape index (κ3) is 2.84. The Morgan fingerprint density at radius 2 is 2.21 bits per heavy atom. The lowest BCUT2D eigenvalue weighted by Crippen LogP contribution is -2.41. The average molecular weight is 282 g/mol. The van der Waals surface area contributed by atoms with E-state index in [1.54, 1.807) is 18.2 Å². The van der Waals surface area contributed by atoms with Crippen molar-refractivity contribution in [3.8, 4) is 5.75 Å². The molecule has 1 aliphatic heterocycles. The van der Waals surface area contributed by atoms with E-state index in [2.05, 4.69) is 6.58 Å². The monoisotopic (exact) mass is 281 g/mol. The molecule has 0 fully saturated rings. The summed E-state index contributed by atoms with van der Waals surface area (Å²) >= 11 is 5.96. The van der Waals surface area contributed by atoms with Crippen LogP contribution in [-0.2, 0) is 4.74 Å². The Labute approximate surface area is 117 Å². The van der Waals surface area contributed by atoms with Gasteiger partial charge in [0.15, 0.2) is 0 Å². The predicted octanol–water partition coefficient (Wildman–Crippen LogP) is 3.99. The predicted molar refractivity (Wildman–Crippen MR) is 74.8 cm³/mol. The quantitative estimate of drug-likeness (QED) is 0.731. The minimum absolute atomic E-state index is 0.488. The van der Waals surface area contributed by atoms with Crippen LogP contribution in [0.3, 0.4) is 0 Å². The lowest BCUT2D eigenvalue weighted by Gasteiger charge is -2.26. The summed E-state index contributed by atoms with van der Waals surface area (Å²) in [6.07, 6.45) is 0.472. The molecule has 0 aromatic heterocycles. The molecule has 19 heavy (non-hydrogen) atoms. The largest absolute Gasteiger partial charge is 0.464 e. The topological polar surface area (TPSA) is 38.8 Å². The van der Waals surface area contributed by atoms with Gasteiger partial charge < -0.3 is 9.47 Å². The number of ether oxygens (including phenoxy) is 2. The van der Waals surface area contributed by atoms with Gasteiger partial charge in [0.2, 0.25) is 6.23 Å². The maximum Gasteiger partial charge on any atom is 0.418 e. The minimum atomic E-state index is -0.580. The molecular weight excluding hydrogens is 266 g/mol. The second-order valence-corrected chi connectivity index (χ2v) is 5.64. The van der Waals surface area contributed by atoms with Crippen LogP contribution in [0.2, 0.25) is 5.02 Å². The fourth-order valence-corrected chi connectivity index (χ4v) is 1.93. The molecule has 1 heterocycles. The molecule has 0 saturated carbocycles. The van der Waals surface area contributed by atoms with E-state index in [0.29, 0.717) is 16.5 Å². The summed E-state index contributed by atoms with van der Waals surface area (Å²) < 4.78 is 11.0. The highest BCUT2D eigenvalue weighted by Gasteiger charge is 2.36. The third-order valence-electron chi connectivity index (χ3n) is 2.47. The summed E-state index contributed by atoms with van der Waals surface area (Å²) in [5.41, 5.74) is 0.0103. The van der Waals surface area contributed by atoms with E-state index in [4.69, 9.17) is 21.1 Å². The van der Waals surface area contributed by atoms with E-state index in [0.717, 1.165) is 0 Å². The Bertz CT molecular complexity index is 522. The summed E-state index contributed by atoms with van der Waals surface area (Å²) in [5, 5.41) is 0.528. The van der Waals surface area contributed by atoms with Crippen molar-refractivity contribution in [2.75, 3.05) is 4.90 Å². The summed E-state index contributed by atoms with van der Waals surface area (Å²) in [6.45, 7) is 9.10.